The van der Waals surface area contributed by atoms with Gasteiger partial charge in [0.05, 0.1) is 12.2 Å². The molecular weight excluding hydrogens is 384 g/mol. The molecule has 98 valence electrons. The largest absolute Gasteiger partial charge is 0.398 e. The Kier molecular flexibility index (Phi) is 5.22. The normalized spacial score (nSPS) is 11.5. The second-order valence-electron chi connectivity index (χ2n) is 3.44. The van der Waals surface area contributed by atoms with Gasteiger partial charge in [0.25, 0.3) is 0 Å². The van der Waals surface area contributed by atoms with Crippen LogP contribution in [0.4, 0.5) is 5.69 Å². The summed E-state index contributed by atoms with van der Waals surface area (Å²) >= 11 is 6.46. The third-order valence-corrected chi connectivity index (χ3v) is 5.64. The summed E-state index contributed by atoms with van der Waals surface area (Å²) in [6, 6.07) is 3.17. The van der Waals surface area contributed by atoms with E-state index in [4.69, 9.17) is 12.2 Å². The minimum absolute atomic E-state index is 0.0147. The van der Waals surface area contributed by atoms with Crippen molar-refractivity contribution < 1.29 is 8.42 Å². The first-order chi connectivity index (χ1) is 8.34. The SMILES string of the molecule is C#CCN(CC)S(=O)(=O)c1c(N)cc(Br)cc1Br. The van der Waals surface area contributed by atoms with Gasteiger partial charge in [0.2, 0.25) is 10.0 Å². The molecule has 0 fully saturated rings. The Labute approximate surface area is 124 Å². The molecule has 18 heavy (non-hydrogen) atoms. The van der Waals surface area contributed by atoms with Crippen LogP contribution < -0.4 is 5.73 Å². The number of rotatable bonds is 4. The molecule has 2 N–H and O–H groups in total. The summed E-state index contributed by atoms with van der Waals surface area (Å²) in [6.07, 6.45) is 5.17. The van der Waals surface area contributed by atoms with Crippen molar-refractivity contribution in [2.75, 3.05) is 18.8 Å². The Hall–Kier alpha value is -0.550. The average molecular weight is 396 g/mol. The Bertz CT molecular complexity index is 571. The molecule has 0 amide bonds. The Morgan fingerprint density at radius 2 is 2.06 bits per heavy atom. The quantitative estimate of drug-likeness (QED) is 0.629. The molecule has 0 spiro atoms. The predicted molar refractivity (Wildman–Crippen MR) is 79.5 cm³/mol. The number of benzene rings is 1. The summed E-state index contributed by atoms with van der Waals surface area (Å²) in [5.41, 5.74) is 5.95. The Morgan fingerprint density at radius 1 is 1.44 bits per heavy atom. The lowest BCUT2D eigenvalue weighted by molar-refractivity contribution is 0.464. The van der Waals surface area contributed by atoms with Gasteiger partial charge in [0.15, 0.2) is 0 Å². The van der Waals surface area contributed by atoms with E-state index in [1.165, 1.54) is 4.31 Å². The topological polar surface area (TPSA) is 63.4 Å². The van der Waals surface area contributed by atoms with Crippen LogP contribution in [-0.4, -0.2) is 25.8 Å². The first-order valence-corrected chi connectivity index (χ1v) is 8.05. The maximum absolute atomic E-state index is 12.4. The molecule has 4 nitrogen and oxygen atoms in total. The van der Waals surface area contributed by atoms with Crippen LogP contribution in [0, 0.1) is 12.3 Å². The van der Waals surface area contributed by atoms with Crippen molar-refractivity contribution in [3.8, 4) is 12.3 Å². The Morgan fingerprint density at radius 3 is 2.50 bits per heavy atom. The van der Waals surface area contributed by atoms with Crippen LogP contribution in [0.25, 0.3) is 0 Å². The van der Waals surface area contributed by atoms with Gasteiger partial charge in [-0.1, -0.05) is 28.8 Å². The first-order valence-electron chi connectivity index (χ1n) is 5.02. The number of nitrogens with two attached hydrogens (primary N) is 1. The summed E-state index contributed by atoms with van der Waals surface area (Å²) in [5.74, 6) is 2.33. The van der Waals surface area contributed by atoms with Crippen molar-refractivity contribution in [2.24, 2.45) is 0 Å². The second kappa shape index (κ2) is 6.06. The molecule has 0 heterocycles. The number of nitrogens with zero attached hydrogens (tertiary/aromatic N) is 1. The number of sulfonamides is 1. The highest BCUT2D eigenvalue weighted by molar-refractivity contribution is 9.11. The summed E-state index contributed by atoms with van der Waals surface area (Å²) < 4.78 is 27.1. The van der Waals surface area contributed by atoms with Crippen LogP contribution in [0.15, 0.2) is 26.0 Å². The number of nitrogen functional groups attached to an aromatic ring is 1. The van der Waals surface area contributed by atoms with Crippen molar-refractivity contribution in [1.29, 1.82) is 0 Å². The van der Waals surface area contributed by atoms with E-state index in [0.717, 1.165) is 0 Å². The molecule has 1 aromatic rings. The number of hydrogen-bond acceptors (Lipinski definition) is 3. The summed E-state index contributed by atoms with van der Waals surface area (Å²) in [4.78, 5) is 0.0443. The fourth-order valence-corrected chi connectivity index (χ4v) is 4.83. The van der Waals surface area contributed by atoms with Crippen molar-refractivity contribution in [3.63, 3.8) is 0 Å². The van der Waals surface area contributed by atoms with Crippen molar-refractivity contribution in [1.82, 2.24) is 4.31 Å². The van der Waals surface area contributed by atoms with Gasteiger partial charge in [0, 0.05) is 15.5 Å². The standard InChI is InChI=1S/C11H12Br2N2O2S/c1-3-5-15(4-2)18(16,17)11-9(13)6-8(12)7-10(11)14/h1,6-7H,4-5,14H2,2H3. The third kappa shape index (κ3) is 3.06. The Balaban J connectivity index is 3.42. The van der Waals surface area contributed by atoms with Crippen LogP contribution >= 0.6 is 31.9 Å². The maximum atomic E-state index is 12.4. The van der Waals surface area contributed by atoms with E-state index in [2.05, 4.69) is 37.8 Å². The second-order valence-corrected chi connectivity index (χ2v) is 7.09. The van der Waals surface area contributed by atoms with Gasteiger partial charge in [-0.3, -0.25) is 0 Å². The highest BCUT2D eigenvalue weighted by Gasteiger charge is 2.27. The van der Waals surface area contributed by atoms with Gasteiger partial charge >= 0.3 is 0 Å². The smallest absolute Gasteiger partial charge is 0.247 e. The molecule has 0 atom stereocenters. The van der Waals surface area contributed by atoms with E-state index >= 15 is 0 Å². The van der Waals surface area contributed by atoms with Gasteiger partial charge in [-0.25, -0.2) is 8.42 Å². The lowest BCUT2D eigenvalue weighted by atomic mass is 10.3. The zero-order valence-electron chi connectivity index (χ0n) is 9.65. The molecule has 0 saturated heterocycles. The fourth-order valence-electron chi connectivity index (χ4n) is 1.45. The molecule has 0 aliphatic heterocycles. The number of anilines is 1. The van der Waals surface area contributed by atoms with E-state index in [0.29, 0.717) is 8.95 Å². The first kappa shape index (κ1) is 15.5. The zero-order chi connectivity index (χ0) is 13.9. The minimum Gasteiger partial charge on any atom is -0.398 e. The van der Waals surface area contributed by atoms with Gasteiger partial charge in [0.1, 0.15) is 4.90 Å². The number of hydrogen-bond donors (Lipinski definition) is 1. The minimum atomic E-state index is -3.69. The van der Waals surface area contributed by atoms with Gasteiger partial charge in [-0.2, -0.15) is 4.31 Å². The highest BCUT2D eigenvalue weighted by atomic mass is 79.9. The van der Waals surface area contributed by atoms with Gasteiger partial charge in [-0.15, -0.1) is 6.42 Å². The molecule has 0 unspecified atom stereocenters. The van der Waals surface area contributed by atoms with Crippen LogP contribution in [0.2, 0.25) is 0 Å². The average Bonchev–Trinajstić information content (AvgIpc) is 2.23. The molecule has 0 aromatic heterocycles. The van der Waals surface area contributed by atoms with E-state index in [1.807, 2.05) is 0 Å². The van der Waals surface area contributed by atoms with E-state index in [9.17, 15) is 8.42 Å². The zero-order valence-corrected chi connectivity index (χ0v) is 13.6. The van der Waals surface area contributed by atoms with Gasteiger partial charge < -0.3 is 5.73 Å². The number of terminal acetylenes is 1. The van der Waals surface area contributed by atoms with Gasteiger partial charge in [-0.05, 0) is 28.1 Å². The highest BCUT2D eigenvalue weighted by Crippen LogP contribution is 2.33. The van der Waals surface area contributed by atoms with E-state index in [1.54, 1.807) is 19.1 Å². The summed E-state index contributed by atoms with van der Waals surface area (Å²) in [5, 5.41) is 0. The van der Waals surface area contributed by atoms with Crippen LogP contribution in [0.5, 0.6) is 0 Å². The van der Waals surface area contributed by atoms with Crippen LogP contribution in [0.1, 0.15) is 6.92 Å². The molecule has 0 aliphatic rings. The van der Waals surface area contributed by atoms with E-state index < -0.39 is 10.0 Å². The molecule has 1 aromatic carbocycles. The molecule has 1 rings (SSSR count). The third-order valence-electron chi connectivity index (χ3n) is 2.26. The summed E-state index contributed by atoms with van der Waals surface area (Å²) in [6.45, 7) is 2.02. The maximum Gasteiger partial charge on any atom is 0.247 e. The van der Waals surface area contributed by atoms with Crippen molar-refractivity contribution in [2.45, 2.75) is 11.8 Å². The predicted octanol–water partition coefficient (Wildman–Crippen LogP) is 2.44. The fraction of sp³-hybridized carbons (Fsp3) is 0.273. The lowest BCUT2D eigenvalue weighted by Crippen LogP contribution is -2.32. The van der Waals surface area contributed by atoms with Crippen LogP contribution in [0.3, 0.4) is 0 Å². The lowest BCUT2D eigenvalue weighted by Gasteiger charge is -2.20. The molecular formula is C11H12Br2N2O2S. The summed E-state index contributed by atoms with van der Waals surface area (Å²) in [7, 11) is -3.69. The monoisotopic (exact) mass is 394 g/mol. The van der Waals surface area contributed by atoms with Crippen molar-refractivity contribution >= 4 is 47.6 Å². The van der Waals surface area contributed by atoms with Crippen LogP contribution in [-0.2, 0) is 10.0 Å². The molecule has 7 heteroatoms. The number of halogens is 2. The molecule has 0 aliphatic carbocycles. The molecule has 0 saturated carbocycles. The molecule has 0 bridgehead atoms. The molecule has 0 radical (unpaired) electrons. The van der Waals surface area contributed by atoms with Crippen molar-refractivity contribution in [3.05, 3.63) is 21.1 Å². The van der Waals surface area contributed by atoms with E-state index in [-0.39, 0.29) is 23.7 Å².